The zero-order valence-electron chi connectivity index (χ0n) is 21.2. The van der Waals surface area contributed by atoms with Crippen molar-refractivity contribution < 1.29 is 40.5 Å². The maximum atomic E-state index is 13.4. The number of piperazine rings is 1. The molecule has 1 aliphatic rings. The van der Waals surface area contributed by atoms with Gasteiger partial charge in [0, 0.05) is 38.7 Å². The summed E-state index contributed by atoms with van der Waals surface area (Å²) in [6, 6.07) is 9.71. The number of carbonyl (C=O) groups is 1. The molecule has 16 heteroatoms. The summed E-state index contributed by atoms with van der Waals surface area (Å²) in [6.07, 6.45) is 0.439. The lowest BCUT2D eigenvalue weighted by Gasteiger charge is -2.33. The van der Waals surface area contributed by atoms with Crippen molar-refractivity contribution in [3.8, 4) is 11.5 Å². The van der Waals surface area contributed by atoms with E-state index < -0.39 is 35.9 Å². The first-order valence-corrected chi connectivity index (χ1v) is 14.7. The third-order valence-electron chi connectivity index (χ3n) is 5.48. The molecule has 39 heavy (non-hydrogen) atoms. The van der Waals surface area contributed by atoms with E-state index in [0.717, 1.165) is 10.4 Å². The third-order valence-corrected chi connectivity index (χ3v) is 8.87. The lowest BCUT2D eigenvalue weighted by Crippen LogP contribution is -2.49. The first-order chi connectivity index (χ1) is 18.4. The second-order valence-corrected chi connectivity index (χ2v) is 12.0. The van der Waals surface area contributed by atoms with E-state index in [4.69, 9.17) is 30.3 Å². The molecule has 1 fully saturated rings. The molecule has 2 aromatic carbocycles. The van der Waals surface area contributed by atoms with Crippen LogP contribution in [0.3, 0.4) is 0 Å². The molecule has 214 valence electrons. The van der Waals surface area contributed by atoms with Gasteiger partial charge in [0.1, 0.15) is 27.9 Å². The molecule has 5 N–H and O–H groups in total. The average molecular weight is 586 g/mol. The number of nitrogens with zero attached hydrogens (tertiary/aromatic N) is 3. The van der Waals surface area contributed by atoms with Gasteiger partial charge in [-0.1, -0.05) is 12.1 Å². The fourth-order valence-corrected chi connectivity index (χ4v) is 6.90. The smallest absolute Gasteiger partial charge is 0.340 e. The van der Waals surface area contributed by atoms with Crippen LogP contribution in [0.1, 0.15) is 12.0 Å². The van der Waals surface area contributed by atoms with Gasteiger partial charge in [0.15, 0.2) is 0 Å². The monoisotopic (exact) mass is 585 g/mol. The molecule has 1 saturated heterocycles. The molecule has 3 rings (SSSR count). The molecule has 0 spiro atoms. The van der Waals surface area contributed by atoms with Crippen molar-refractivity contribution in [2.75, 3.05) is 45.9 Å². The summed E-state index contributed by atoms with van der Waals surface area (Å²) in [6.45, 7) is 2.35. The van der Waals surface area contributed by atoms with Gasteiger partial charge in [-0.2, -0.15) is 12.7 Å². The molecule has 1 heterocycles. The number of hydrogen-bond donors (Lipinski definition) is 3. The Morgan fingerprint density at radius 1 is 0.974 bits per heavy atom. The van der Waals surface area contributed by atoms with Crippen LogP contribution in [-0.4, -0.2) is 89.0 Å². The number of aryl methyl sites for hydroxylation is 1. The van der Waals surface area contributed by atoms with Crippen molar-refractivity contribution in [2.24, 2.45) is 16.6 Å². The minimum atomic E-state index is -4.57. The normalized spacial score (nSPS) is 14.9. The Kier molecular flexibility index (Phi) is 9.96. The van der Waals surface area contributed by atoms with E-state index in [0.29, 0.717) is 17.7 Å². The Morgan fingerprint density at radius 3 is 2.26 bits per heavy atom. The highest BCUT2D eigenvalue weighted by molar-refractivity contribution is 7.91. The number of rotatable bonds is 13. The van der Waals surface area contributed by atoms with Gasteiger partial charge in [-0.15, -0.1) is 0 Å². The number of ether oxygens (including phenoxy) is 1. The maximum absolute atomic E-state index is 13.4. The number of oxime groups is 1. The van der Waals surface area contributed by atoms with Gasteiger partial charge < -0.3 is 30.3 Å². The van der Waals surface area contributed by atoms with E-state index in [1.54, 1.807) is 17.9 Å². The van der Waals surface area contributed by atoms with Gasteiger partial charge >= 0.3 is 16.1 Å². The Morgan fingerprint density at radius 2 is 1.62 bits per heavy atom. The number of sulfonamides is 1. The van der Waals surface area contributed by atoms with E-state index >= 15 is 0 Å². The highest BCUT2D eigenvalue weighted by atomic mass is 32.2. The molecule has 0 amide bonds. The van der Waals surface area contributed by atoms with E-state index in [1.807, 2.05) is 0 Å². The van der Waals surface area contributed by atoms with Crippen molar-refractivity contribution >= 4 is 32.1 Å². The third kappa shape index (κ3) is 8.44. The van der Waals surface area contributed by atoms with Crippen LogP contribution in [0.2, 0.25) is 0 Å². The van der Waals surface area contributed by atoms with Crippen LogP contribution in [0.5, 0.6) is 11.5 Å². The summed E-state index contributed by atoms with van der Waals surface area (Å²) in [5.74, 6) is -0.940. The number of carboxylic acids is 1. The number of benzene rings is 2. The summed E-state index contributed by atoms with van der Waals surface area (Å²) in [7, 11) is -8.80. The zero-order chi connectivity index (χ0) is 28.6. The molecule has 0 radical (unpaired) electrons. The van der Waals surface area contributed by atoms with E-state index in [2.05, 4.69) is 5.16 Å². The second-order valence-electron chi connectivity index (χ2n) is 8.59. The molecule has 0 bridgehead atoms. The summed E-state index contributed by atoms with van der Waals surface area (Å²) in [5, 5.41) is 12.4. The van der Waals surface area contributed by atoms with Gasteiger partial charge in [-0.25, -0.2) is 8.42 Å². The summed E-state index contributed by atoms with van der Waals surface area (Å²) in [5.41, 5.74) is 11.0. The fourth-order valence-electron chi connectivity index (χ4n) is 3.78. The van der Waals surface area contributed by atoms with Gasteiger partial charge in [-0.05, 0) is 41.9 Å². The molecular formula is C23H31N5O9S2. The van der Waals surface area contributed by atoms with Gasteiger partial charge in [0.25, 0.3) is 0 Å². The largest absolute Gasteiger partial charge is 0.493 e. The molecule has 0 unspecified atom stereocenters. The van der Waals surface area contributed by atoms with Gasteiger partial charge in [0.05, 0.1) is 13.2 Å². The first kappa shape index (κ1) is 29.9. The number of nitrogens with two attached hydrogens (primary N) is 2. The predicted molar refractivity (Wildman–Crippen MR) is 140 cm³/mol. The topological polar surface area (TPSA) is 204 Å². The van der Waals surface area contributed by atoms with E-state index in [9.17, 15) is 21.6 Å². The number of guanidine groups is 1. The SMILES string of the molecule is Cc1cc(OCCCON=C(N)N)cc(OS(=O)(=O)c2ccccc2S(=O)(=O)N2CCN(CC(=O)O)CC2)c1. The maximum Gasteiger partial charge on any atom is 0.340 e. The number of aliphatic carboxylic acids is 1. The lowest BCUT2D eigenvalue weighted by atomic mass is 10.2. The highest BCUT2D eigenvalue weighted by Gasteiger charge is 2.34. The lowest BCUT2D eigenvalue weighted by molar-refractivity contribution is -0.138. The molecule has 0 atom stereocenters. The average Bonchev–Trinajstić information content (AvgIpc) is 2.85. The molecule has 2 aromatic rings. The van der Waals surface area contributed by atoms with Gasteiger partial charge in [0.2, 0.25) is 16.0 Å². The standard InChI is InChI=1S/C23H31N5O9S2/c1-17-13-18(35-11-4-12-36-26-23(24)25)15-19(14-17)37-39(33,34)21-6-3-2-5-20(21)38(31,32)28-9-7-27(8-10-28)16-22(29)30/h2-3,5-6,13-15H,4,7-12,16H2,1H3,(H,29,30)(H4,24,25,26). The zero-order valence-corrected chi connectivity index (χ0v) is 22.9. The van der Waals surface area contributed by atoms with E-state index in [1.165, 1.54) is 30.3 Å². The fraction of sp³-hybridized carbons (Fsp3) is 0.391. The molecule has 0 saturated carbocycles. The summed E-state index contributed by atoms with van der Waals surface area (Å²) in [4.78, 5) is 16.5. The Bertz CT molecular complexity index is 1400. The minimum absolute atomic E-state index is 0.0143. The van der Waals surface area contributed by atoms with Crippen LogP contribution in [0, 0.1) is 6.92 Å². The summed E-state index contributed by atoms with van der Waals surface area (Å²) < 4.78 is 65.4. The highest BCUT2D eigenvalue weighted by Crippen LogP contribution is 2.30. The van der Waals surface area contributed by atoms with Crippen LogP contribution in [0.4, 0.5) is 0 Å². The van der Waals surface area contributed by atoms with Crippen LogP contribution in [-0.2, 0) is 29.8 Å². The Balaban J connectivity index is 1.75. The minimum Gasteiger partial charge on any atom is -0.493 e. The Hall–Kier alpha value is -3.60. The molecule has 1 aliphatic heterocycles. The van der Waals surface area contributed by atoms with Crippen molar-refractivity contribution in [1.82, 2.24) is 9.21 Å². The van der Waals surface area contributed by atoms with Crippen molar-refractivity contribution in [3.63, 3.8) is 0 Å². The number of carboxylic acid groups (broad SMARTS) is 1. The Labute approximate surface area is 226 Å². The molecule has 0 aliphatic carbocycles. The van der Waals surface area contributed by atoms with Crippen molar-refractivity contribution in [3.05, 3.63) is 48.0 Å². The first-order valence-electron chi connectivity index (χ1n) is 11.8. The van der Waals surface area contributed by atoms with Crippen LogP contribution >= 0.6 is 0 Å². The predicted octanol–water partition coefficient (Wildman–Crippen LogP) is 0.128. The van der Waals surface area contributed by atoms with E-state index in [-0.39, 0.29) is 57.6 Å². The molecule has 14 nitrogen and oxygen atoms in total. The number of hydrogen-bond acceptors (Lipinski definition) is 10. The molecular weight excluding hydrogens is 554 g/mol. The van der Waals surface area contributed by atoms with Gasteiger partial charge in [-0.3, -0.25) is 9.69 Å². The summed E-state index contributed by atoms with van der Waals surface area (Å²) >= 11 is 0. The molecule has 0 aromatic heterocycles. The van der Waals surface area contributed by atoms with Crippen molar-refractivity contribution in [2.45, 2.75) is 23.1 Å². The van der Waals surface area contributed by atoms with Crippen LogP contribution < -0.4 is 20.4 Å². The van der Waals surface area contributed by atoms with Crippen LogP contribution in [0.15, 0.2) is 57.4 Å². The second kappa shape index (κ2) is 13.0. The quantitative estimate of drug-likeness (QED) is 0.0943. The van der Waals surface area contributed by atoms with Crippen molar-refractivity contribution in [1.29, 1.82) is 0 Å². The van der Waals surface area contributed by atoms with Crippen LogP contribution in [0.25, 0.3) is 0 Å².